The molecule has 0 aliphatic heterocycles. The SMILES string of the molecule is CC(C)c1nccc(OC2CC2)c1N(C)C. The minimum absolute atomic E-state index is 0.417. The standard InChI is InChI=1S/C13H20N2O/c1-9(2)12-13(15(3)4)11(7-8-14-12)16-10-5-6-10/h7-10H,5-6H2,1-4H3. The molecule has 1 aromatic rings. The molecule has 0 N–H and O–H groups in total. The van der Waals surface area contributed by atoms with Crippen LogP contribution in [-0.4, -0.2) is 25.2 Å². The number of anilines is 1. The molecular weight excluding hydrogens is 200 g/mol. The highest BCUT2D eigenvalue weighted by atomic mass is 16.5. The van der Waals surface area contributed by atoms with Crippen LogP contribution in [0.5, 0.6) is 5.75 Å². The van der Waals surface area contributed by atoms with E-state index >= 15 is 0 Å². The van der Waals surface area contributed by atoms with Gasteiger partial charge in [0.15, 0.2) is 0 Å². The molecule has 1 aliphatic carbocycles. The van der Waals surface area contributed by atoms with E-state index in [1.165, 1.54) is 12.8 Å². The van der Waals surface area contributed by atoms with Crippen LogP contribution in [0.4, 0.5) is 5.69 Å². The molecule has 3 heteroatoms. The molecule has 0 atom stereocenters. The first kappa shape index (κ1) is 11.2. The molecule has 16 heavy (non-hydrogen) atoms. The van der Waals surface area contributed by atoms with E-state index in [9.17, 15) is 0 Å². The zero-order valence-electron chi connectivity index (χ0n) is 10.5. The summed E-state index contributed by atoms with van der Waals surface area (Å²) in [4.78, 5) is 6.56. The van der Waals surface area contributed by atoms with Crippen LogP contribution < -0.4 is 9.64 Å². The van der Waals surface area contributed by atoms with Crippen molar-refractivity contribution in [2.24, 2.45) is 0 Å². The Hall–Kier alpha value is -1.25. The molecule has 1 fully saturated rings. The Balaban J connectivity index is 2.37. The maximum atomic E-state index is 5.93. The number of rotatable bonds is 4. The van der Waals surface area contributed by atoms with Crippen molar-refractivity contribution in [1.29, 1.82) is 0 Å². The summed E-state index contributed by atoms with van der Waals surface area (Å²) in [5.74, 6) is 1.39. The van der Waals surface area contributed by atoms with Crippen LogP contribution >= 0.6 is 0 Å². The third kappa shape index (κ3) is 2.29. The van der Waals surface area contributed by atoms with Crippen LogP contribution in [0.3, 0.4) is 0 Å². The zero-order chi connectivity index (χ0) is 11.7. The van der Waals surface area contributed by atoms with Crippen LogP contribution in [-0.2, 0) is 0 Å². The lowest BCUT2D eigenvalue weighted by molar-refractivity contribution is 0.303. The molecule has 88 valence electrons. The third-order valence-corrected chi connectivity index (χ3v) is 2.73. The van der Waals surface area contributed by atoms with E-state index in [-0.39, 0.29) is 0 Å². The Morgan fingerprint density at radius 2 is 2.06 bits per heavy atom. The summed E-state index contributed by atoms with van der Waals surface area (Å²) in [6.07, 6.45) is 4.65. The van der Waals surface area contributed by atoms with Gasteiger partial charge in [-0.05, 0) is 18.8 Å². The quantitative estimate of drug-likeness (QED) is 0.780. The van der Waals surface area contributed by atoms with Crippen molar-refractivity contribution in [3.05, 3.63) is 18.0 Å². The fourth-order valence-electron chi connectivity index (χ4n) is 1.78. The lowest BCUT2D eigenvalue weighted by atomic mass is 10.1. The van der Waals surface area contributed by atoms with Gasteiger partial charge in [-0.1, -0.05) is 13.8 Å². The molecule has 0 aromatic carbocycles. The lowest BCUT2D eigenvalue weighted by Gasteiger charge is -2.22. The molecule has 0 bridgehead atoms. The van der Waals surface area contributed by atoms with Crippen molar-refractivity contribution in [1.82, 2.24) is 4.98 Å². The first-order chi connectivity index (χ1) is 7.59. The maximum Gasteiger partial charge on any atom is 0.146 e. The highest BCUT2D eigenvalue weighted by Crippen LogP contribution is 2.37. The maximum absolute atomic E-state index is 5.93. The van der Waals surface area contributed by atoms with Crippen molar-refractivity contribution in [3.8, 4) is 5.75 Å². The number of aromatic nitrogens is 1. The molecule has 0 unspecified atom stereocenters. The average molecular weight is 220 g/mol. The van der Waals surface area contributed by atoms with E-state index in [1.807, 2.05) is 26.4 Å². The van der Waals surface area contributed by atoms with Crippen LogP contribution in [0.25, 0.3) is 0 Å². The van der Waals surface area contributed by atoms with Gasteiger partial charge in [-0.25, -0.2) is 0 Å². The Morgan fingerprint density at radius 3 is 2.56 bits per heavy atom. The normalized spacial score (nSPS) is 15.3. The highest BCUT2D eigenvalue weighted by molar-refractivity contribution is 5.61. The van der Waals surface area contributed by atoms with Crippen LogP contribution in [0.15, 0.2) is 12.3 Å². The fraction of sp³-hybridized carbons (Fsp3) is 0.615. The van der Waals surface area contributed by atoms with E-state index in [4.69, 9.17) is 4.74 Å². The molecule has 1 aliphatic rings. The molecule has 2 rings (SSSR count). The topological polar surface area (TPSA) is 25.4 Å². The van der Waals surface area contributed by atoms with Crippen molar-refractivity contribution >= 4 is 5.69 Å². The molecule has 1 saturated carbocycles. The molecule has 3 nitrogen and oxygen atoms in total. The van der Waals surface area contributed by atoms with E-state index in [2.05, 4.69) is 23.7 Å². The first-order valence-corrected chi connectivity index (χ1v) is 5.92. The smallest absolute Gasteiger partial charge is 0.146 e. The van der Waals surface area contributed by atoms with Gasteiger partial charge in [0.1, 0.15) is 11.4 Å². The van der Waals surface area contributed by atoms with Gasteiger partial charge in [0.25, 0.3) is 0 Å². The van der Waals surface area contributed by atoms with Gasteiger partial charge < -0.3 is 9.64 Å². The van der Waals surface area contributed by atoms with Crippen LogP contribution in [0.1, 0.15) is 38.3 Å². The number of hydrogen-bond acceptors (Lipinski definition) is 3. The molecule has 0 amide bonds. The van der Waals surface area contributed by atoms with Gasteiger partial charge in [0.05, 0.1) is 11.8 Å². The second kappa shape index (κ2) is 4.32. The van der Waals surface area contributed by atoms with Gasteiger partial charge >= 0.3 is 0 Å². The van der Waals surface area contributed by atoms with Crippen molar-refractivity contribution < 1.29 is 4.74 Å². The van der Waals surface area contributed by atoms with Gasteiger partial charge in [-0.2, -0.15) is 0 Å². The second-order valence-corrected chi connectivity index (χ2v) is 4.91. The zero-order valence-corrected chi connectivity index (χ0v) is 10.5. The Labute approximate surface area is 97.4 Å². The summed E-state index contributed by atoms with van der Waals surface area (Å²) in [5.41, 5.74) is 2.24. The van der Waals surface area contributed by atoms with E-state index in [1.54, 1.807) is 0 Å². The highest BCUT2D eigenvalue weighted by Gasteiger charge is 2.26. The fourth-order valence-corrected chi connectivity index (χ4v) is 1.78. The monoisotopic (exact) mass is 220 g/mol. The predicted molar refractivity (Wildman–Crippen MR) is 66.3 cm³/mol. The second-order valence-electron chi connectivity index (χ2n) is 4.91. The van der Waals surface area contributed by atoms with Crippen LogP contribution in [0.2, 0.25) is 0 Å². The Kier molecular flexibility index (Phi) is 3.03. The summed E-state index contributed by atoms with van der Waals surface area (Å²) in [6, 6.07) is 1.97. The van der Waals surface area contributed by atoms with Crippen molar-refractivity contribution in [2.45, 2.75) is 38.7 Å². The summed E-state index contributed by atoms with van der Waals surface area (Å²) < 4.78 is 5.93. The molecule has 0 radical (unpaired) electrons. The van der Waals surface area contributed by atoms with Gasteiger partial charge in [-0.15, -0.1) is 0 Å². The molecule has 1 heterocycles. The number of ether oxygens (including phenoxy) is 1. The minimum Gasteiger partial charge on any atom is -0.488 e. The lowest BCUT2D eigenvalue weighted by Crippen LogP contribution is -2.15. The van der Waals surface area contributed by atoms with E-state index < -0.39 is 0 Å². The van der Waals surface area contributed by atoms with Gasteiger partial charge in [0.2, 0.25) is 0 Å². The molecule has 0 spiro atoms. The van der Waals surface area contributed by atoms with E-state index in [0.29, 0.717) is 12.0 Å². The number of hydrogen-bond donors (Lipinski definition) is 0. The summed E-state index contributed by atoms with van der Waals surface area (Å²) in [7, 11) is 4.09. The van der Waals surface area contributed by atoms with E-state index in [0.717, 1.165) is 17.1 Å². The summed E-state index contributed by atoms with van der Waals surface area (Å²) in [6.45, 7) is 4.33. The van der Waals surface area contributed by atoms with Gasteiger partial charge in [0, 0.05) is 26.4 Å². The minimum atomic E-state index is 0.417. The molecular formula is C13H20N2O. The number of pyridine rings is 1. The first-order valence-electron chi connectivity index (χ1n) is 5.92. The van der Waals surface area contributed by atoms with Crippen molar-refractivity contribution in [3.63, 3.8) is 0 Å². The Morgan fingerprint density at radius 1 is 1.38 bits per heavy atom. The largest absolute Gasteiger partial charge is 0.488 e. The third-order valence-electron chi connectivity index (χ3n) is 2.73. The summed E-state index contributed by atoms with van der Waals surface area (Å²) in [5, 5.41) is 0. The Bertz CT molecular complexity index is 370. The summed E-state index contributed by atoms with van der Waals surface area (Å²) >= 11 is 0. The van der Waals surface area contributed by atoms with Crippen LogP contribution in [0, 0.1) is 0 Å². The predicted octanol–water partition coefficient (Wildman–Crippen LogP) is 2.81. The molecule has 0 saturated heterocycles. The average Bonchev–Trinajstić information content (AvgIpc) is 3.00. The number of nitrogens with zero attached hydrogens (tertiary/aromatic N) is 2. The van der Waals surface area contributed by atoms with Crippen molar-refractivity contribution in [2.75, 3.05) is 19.0 Å². The van der Waals surface area contributed by atoms with Gasteiger partial charge in [-0.3, -0.25) is 4.98 Å². The molecule has 1 aromatic heterocycles.